The van der Waals surface area contributed by atoms with Gasteiger partial charge in [-0.3, -0.25) is 0 Å². The van der Waals surface area contributed by atoms with Crippen molar-refractivity contribution in [1.82, 2.24) is 5.32 Å². The van der Waals surface area contributed by atoms with Crippen molar-refractivity contribution in [2.45, 2.75) is 20.0 Å². The molecule has 3 heteroatoms. The molecule has 0 aliphatic rings. The second kappa shape index (κ2) is 5.08. The molecular weight excluding hydrogens is 181 g/mol. The van der Waals surface area contributed by atoms with Gasteiger partial charge in [-0.15, -0.1) is 0 Å². The normalized spacial score (nSPS) is 12.9. The quantitative estimate of drug-likeness (QED) is 0.771. The number of nitrogens with one attached hydrogen (secondary N) is 1. The Bertz CT molecular complexity index is 301. The monoisotopic (exact) mass is 197 g/mol. The maximum absolute atomic E-state index is 12.9. The van der Waals surface area contributed by atoms with Gasteiger partial charge in [0.2, 0.25) is 0 Å². The molecule has 0 heterocycles. The molecule has 1 rings (SSSR count). The fourth-order valence-electron chi connectivity index (χ4n) is 1.27. The molecule has 0 radical (unpaired) electrons. The molecule has 1 atom stereocenters. The lowest BCUT2D eigenvalue weighted by Gasteiger charge is -2.12. The molecule has 0 spiro atoms. The van der Waals surface area contributed by atoms with Crippen LogP contribution in [-0.4, -0.2) is 18.2 Å². The van der Waals surface area contributed by atoms with Gasteiger partial charge in [-0.25, -0.2) is 4.39 Å². The highest BCUT2D eigenvalue weighted by Crippen LogP contribution is 2.15. The molecule has 1 aromatic rings. The van der Waals surface area contributed by atoms with E-state index >= 15 is 0 Å². The molecule has 0 amide bonds. The molecule has 0 fully saturated rings. The fourth-order valence-corrected chi connectivity index (χ4v) is 1.27. The summed E-state index contributed by atoms with van der Waals surface area (Å²) >= 11 is 0. The third-order valence-electron chi connectivity index (χ3n) is 2.15. The van der Waals surface area contributed by atoms with Crippen LogP contribution < -0.4 is 5.32 Å². The first kappa shape index (κ1) is 11.1. The minimum Gasteiger partial charge on any atom is -0.387 e. The highest BCUT2D eigenvalue weighted by atomic mass is 19.1. The molecule has 0 aliphatic carbocycles. The Kier molecular flexibility index (Phi) is 4.04. The van der Waals surface area contributed by atoms with Crippen LogP contribution >= 0.6 is 0 Å². The summed E-state index contributed by atoms with van der Waals surface area (Å²) in [5.41, 5.74) is 1.32. The molecule has 0 aliphatic heterocycles. The van der Waals surface area contributed by atoms with Crippen molar-refractivity contribution in [1.29, 1.82) is 0 Å². The lowest BCUT2D eigenvalue weighted by molar-refractivity contribution is 0.175. The number of halogens is 1. The van der Waals surface area contributed by atoms with E-state index in [0.29, 0.717) is 12.1 Å². The van der Waals surface area contributed by atoms with Gasteiger partial charge in [-0.05, 0) is 30.7 Å². The van der Waals surface area contributed by atoms with Gasteiger partial charge in [-0.2, -0.15) is 0 Å². The highest BCUT2D eigenvalue weighted by molar-refractivity contribution is 5.25. The van der Waals surface area contributed by atoms with Crippen LogP contribution in [0, 0.1) is 12.7 Å². The van der Waals surface area contributed by atoms with Gasteiger partial charge in [0.25, 0.3) is 0 Å². The van der Waals surface area contributed by atoms with Crippen LogP contribution in [0.15, 0.2) is 18.2 Å². The van der Waals surface area contributed by atoms with Gasteiger partial charge in [0.1, 0.15) is 5.82 Å². The van der Waals surface area contributed by atoms with Crippen LogP contribution in [0.3, 0.4) is 0 Å². The van der Waals surface area contributed by atoms with E-state index in [1.54, 1.807) is 19.1 Å². The SMILES string of the molecule is CCNCC(O)c1ccc(F)c(C)c1. The Morgan fingerprint density at radius 2 is 2.21 bits per heavy atom. The van der Waals surface area contributed by atoms with Crippen molar-refractivity contribution in [3.8, 4) is 0 Å². The predicted molar refractivity (Wildman–Crippen MR) is 54.6 cm³/mol. The van der Waals surface area contributed by atoms with Crippen LogP contribution in [0.2, 0.25) is 0 Å². The van der Waals surface area contributed by atoms with Crippen molar-refractivity contribution in [3.63, 3.8) is 0 Å². The first-order valence-electron chi connectivity index (χ1n) is 4.80. The summed E-state index contributed by atoms with van der Waals surface area (Å²) in [5.74, 6) is -0.232. The number of aryl methyl sites for hydroxylation is 1. The zero-order valence-corrected chi connectivity index (χ0v) is 8.55. The van der Waals surface area contributed by atoms with E-state index in [2.05, 4.69) is 5.32 Å². The Balaban J connectivity index is 2.70. The summed E-state index contributed by atoms with van der Waals surface area (Å²) in [7, 11) is 0. The Morgan fingerprint density at radius 1 is 1.50 bits per heavy atom. The van der Waals surface area contributed by atoms with Gasteiger partial charge >= 0.3 is 0 Å². The van der Waals surface area contributed by atoms with E-state index in [0.717, 1.165) is 12.1 Å². The number of hydrogen-bond acceptors (Lipinski definition) is 2. The van der Waals surface area contributed by atoms with E-state index in [-0.39, 0.29) is 5.82 Å². The summed E-state index contributed by atoms with van der Waals surface area (Å²) in [6.45, 7) is 4.99. The van der Waals surface area contributed by atoms with Crippen LogP contribution in [-0.2, 0) is 0 Å². The zero-order chi connectivity index (χ0) is 10.6. The van der Waals surface area contributed by atoms with Gasteiger partial charge in [0.15, 0.2) is 0 Å². The molecule has 2 nitrogen and oxygen atoms in total. The van der Waals surface area contributed by atoms with Crippen LogP contribution in [0.5, 0.6) is 0 Å². The number of hydrogen-bond donors (Lipinski definition) is 2. The number of benzene rings is 1. The standard InChI is InChI=1S/C11H16FNO/c1-3-13-7-11(14)9-4-5-10(12)8(2)6-9/h4-6,11,13-14H,3,7H2,1-2H3. The molecular formula is C11H16FNO. The molecule has 0 saturated heterocycles. The minimum absolute atomic E-state index is 0.232. The Labute approximate surface area is 83.8 Å². The van der Waals surface area contributed by atoms with Gasteiger partial charge in [0, 0.05) is 6.54 Å². The van der Waals surface area contributed by atoms with Crippen molar-refractivity contribution in [2.24, 2.45) is 0 Å². The molecule has 0 saturated carbocycles. The number of aliphatic hydroxyl groups is 1. The Hall–Kier alpha value is -0.930. The fraction of sp³-hybridized carbons (Fsp3) is 0.455. The Morgan fingerprint density at radius 3 is 2.79 bits per heavy atom. The summed E-state index contributed by atoms with van der Waals surface area (Å²) in [6.07, 6.45) is -0.561. The van der Waals surface area contributed by atoms with Crippen LogP contribution in [0.1, 0.15) is 24.2 Å². The molecule has 0 bridgehead atoms. The van der Waals surface area contributed by atoms with Gasteiger partial charge in [-0.1, -0.05) is 19.1 Å². The molecule has 1 aromatic carbocycles. The first-order chi connectivity index (χ1) is 6.65. The summed E-state index contributed by atoms with van der Waals surface area (Å²) in [4.78, 5) is 0. The smallest absolute Gasteiger partial charge is 0.126 e. The second-order valence-corrected chi connectivity index (χ2v) is 3.33. The molecule has 1 unspecified atom stereocenters. The summed E-state index contributed by atoms with van der Waals surface area (Å²) in [5, 5.41) is 12.7. The largest absolute Gasteiger partial charge is 0.387 e. The summed E-state index contributed by atoms with van der Waals surface area (Å²) < 4.78 is 12.9. The van der Waals surface area contributed by atoms with Crippen molar-refractivity contribution in [3.05, 3.63) is 35.1 Å². The third-order valence-corrected chi connectivity index (χ3v) is 2.15. The first-order valence-corrected chi connectivity index (χ1v) is 4.80. The third kappa shape index (κ3) is 2.79. The van der Waals surface area contributed by atoms with Crippen molar-refractivity contribution in [2.75, 3.05) is 13.1 Å². The van der Waals surface area contributed by atoms with Gasteiger partial charge in [0.05, 0.1) is 6.10 Å². The van der Waals surface area contributed by atoms with Crippen molar-refractivity contribution >= 4 is 0 Å². The number of rotatable bonds is 4. The molecule has 78 valence electrons. The zero-order valence-electron chi connectivity index (χ0n) is 8.55. The maximum Gasteiger partial charge on any atom is 0.126 e. The molecule has 2 N–H and O–H groups in total. The average molecular weight is 197 g/mol. The number of aliphatic hydroxyl groups excluding tert-OH is 1. The van der Waals surface area contributed by atoms with Crippen LogP contribution in [0.4, 0.5) is 4.39 Å². The maximum atomic E-state index is 12.9. The summed E-state index contributed by atoms with van der Waals surface area (Å²) in [6, 6.07) is 4.68. The highest BCUT2D eigenvalue weighted by Gasteiger charge is 2.07. The minimum atomic E-state index is -0.561. The van der Waals surface area contributed by atoms with Crippen molar-refractivity contribution < 1.29 is 9.50 Å². The van der Waals surface area contributed by atoms with E-state index in [1.807, 2.05) is 6.92 Å². The van der Waals surface area contributed by atoms with E-state index in [1.165, 1.54) is 6.07 Å². The topological polar surface area (TPSA) is 32.3 Å². The average Bonchev–Trinajstić information content (AvgIpc) is 2.18. The molecule has 0 aromatic heterocycles. The lowest BCUT2D eigenvalue weighted by Crippen LogP contribution is -2.20. The van der Waals surface area contributed by atoms with E-state index < -0.39 is 6.10 Å². The van der Waals surface area contributed by atoms with E-state index in [4.69, 9.17) is 0 Å². The number of likely N-dealkylation sites (N-methyl/N-ethyl adjacent to an activating group) is 1. The van der Waals surface area contributed by atoms with Gasteiger partial charge < -0.3 is 10.4 Å². The second-order valence-electron chi connectivity index (χ2n) is 3.33. The predicted octanol–water partition coefficient (Wildman–Crippen LogP) is 1.78. The van der Waals surface area contributed by atoms with E-state index in [9.17, 15) is 9.50 Å². The molecule has 14 heavy (non-hydrogen) atoms. The van der Waals surface area contributed by atoms with Crippen LogP contribution in [0.25, 0.3) is 0 Å². The lowest BCUT2D eigenvalue weighted by atomic mass is 10.1.